The molecular weight excluding hydrogens is 408 g/mol. The molecule has 4 unspecified atom stereocenters. The summed E-state index contributed by atoms with van der Waals surface area (Å²) in [6.45, 7) is 9.26. The number of likely N-dealkylation sites (tertiary alicyclic amines) is 1. The van der Waals surface area contributed by atoms with Gasteiger partial charge in [0.15, 0.2) is 0 Å². The van der Waals surface area contributed by atoms with Crippen LogP contribution in [0.2, 0.25) is 0 Å². The highest BCUT2D eigenvalue weighted by Gasteiger charge is 2.63. The van der Waals surface area contributed by atoms with Crippen molar-refractivity contribution in [2.45, 2.75) is 71.9 Å². The maximum absolute atomic E-state index is 13.4. The summed E-state index contributed by atoms with van der Waals surface area (Å²) in [6.07, 6.45) is 3.79. The second-order valence-electron chi connectivity index (χ2n) is 10.1. The van der Waals surface area contributed by atoms with Gasteiger partial charge in [0.2, 0.25) is 0 Å². The number of nitrogens with one attached hydrogen (secondary N) is 1. The molecule has 7 nitrogen and oxygen atoms in total. The van der Waals surface area contributed by atoms with Gasteiger partial charge < -0.3 is 14.4 Å². The Labute approximate surface area is 189 Å². The van der Waals surface area contributed by atoms with Crippen molar-refractivity contribution in [3.05, 3.63) is 29.8 Å². The highest BCUT2D eigenvalue weighted by atomic mass is 16.6. The van der Waals surface area contributed by atoms with Gasteiger partial charge >= 0.3 is 12.1 Å². The number of nitrogens with zero attached hydrogens (tertiary/aromatic N) is 1. The maximum atomic E-state index is 13.4. The molecule has 1 aliphatic heterocycles. The lowest BCUT2D eigenvalue weighted by molar-refractivity contribution is -0.161. The molecule has 2 amide bonds. The summed E-state index contributed by atoms with van der Waals surface area (Å²) in [5, 5.41) is 2.63. The summed E-state index contributed by atoms with van der Waals surface area (Å²) < 4.78 is 11.0. The lowest BCUT2D eigenvalue weighted by Crippen LogP contribution is -2.45. The molecule has 2 bridgehead atoms. The fourth-order valence-electron chi connectivity index (χ4n) is 5.99. The third-order valence-electron chi connectivity index (χ3n) is 8.43. The number of ether oxygens (including phenoxy) is 2. The SMILES string of the molecule is CCOC(=O)Nc1ccccc1C(=O)N1CCCC1C(=O)OC1CC2CCC1(C)C2(C)C. The van der Waals surface area contributed by atoms with Crippen LogP contribution in [-0.2, 0) is 14.3 Å². The quantitative estimate of drug-likeness (QED) is 0.673. The molecule has 7 heteroatoms. The Balaban J connectivity index is 1.48. The molecule has 1 aromatic carbocycles. The number of fused-ring (bicyclic) bond motifs is 2. The molecule has 2 aliphatic carbocycles. The number of anilines is 1. The van der Waals surface area contributed by atoms with Crippen LogP contribution < -0.4 is 5.32 Å². The number of carbonyl (C=O) groups is 3. The van der Waals surface area contributed by atoms with Crippen LogP contribution in [0.4, 0.5) is 10.5 Å². The van der Waals surface area contributed by atoms with Crippen molar-refractivity contribution >= 4 is 23.7 Å². The summed E-state index contributed by atoms with van der Waals surface area (Å²) in [5.41, 5.74) is 0.850. The number of hydrogen-bond donors (Lipinski definition) is 1. The molecule has 4 rings (SSSR count). The van der Waals surface area contributed by atoms with E-state index in [9.17, 15) is 14.4 Å². The molecule has 1 aromatic rings. The van der Waals surface area contributed by atoms with E-state index in [1.54, 1.807) is 36.1 Å². The number of hydrogen-bond acceptors (Lipinski definition) is 5. The van der Waals surface area contributed by atoms with Gasteiger partial charge in [-0.1, -0.05) is 32.9 Å². The van der Waals surface area contributed by atoms with Gasteiger partial charge in [-0.3, -0.25) is 10.1 Å². The number of para-hydroxylation sites is 1. The van der Waals surface area contributed by atoms with Crippen LogP contribution in [0.15, 0.2) is 24.3 Å². The smallest absolute Gasteiger partial charge is 0.411 e. The topological polar surface area (TPSA) is 84.9 Å². The molecule has 0 aromatic heterocycles. The second kappa shape index (κ2) is 8.41. The number of rotatable bonds is 5. The Kier molecular flexibility index (Phi) is 5.94. The van der Waals surface area contributed by atoms with Gasteiger partial charge in [-0.25, -0.2) is 9.59 Å². The minimum atomic E-state index is -0.614. The van der Waals surface area contributed by atoms with Crippen molar-refractivity contribution in [2.24, 2.45) is 16.7 Å². The number of amides is 2. The summed E-state index contributed by atoms with van der Waals surface area (Å²) >= 11 is 0. The van der Waals surface area contributed by atoms with Crippen LogP contribution in [0, 0.1) is 16.7 Å². The Morgan fingerprint density at radius 1 is 1.16 bits per heavy atom. The normalized spacial score (nSPS) is 30.2. The van der Waals surface area contributed by atoms with Crippen LogP contribution >= 0.6 is 0 Å². The molecule has 0 spiro atoms. The van der Waals surface area contributed by atoms with Crippen LogP contribution in [-0.4, -0.2) is 48.2 Å². The summed E-state index contributed by atoms with van der Waals surface area (Å²) in [7, 11) is 0. The first kappa shape index (κ1) is 22.6. The van der Waals surface area contributed by atoms with Crippen molar-refractivity contribution in [3.63, 3.8) is 0 Å². The zero-order valence-electron chi connectivity index (χ0n) is 19.5. The van der Waals surface area contributed by atoms with Crippen LogP contribution in [0.25, 0.3) is 0 Å². The van der Waals surface area contributed by atoms with Crippen LogP contribution in [0.1, 0.15) is 70.2 Å². The zero-order valence-corrected chi connectivity index (χ0v) is 19.5. The summed E-state index contributed by atoms with van der Waals surface area (Å²) in [5.74, 6) is -0.00923. The fraction of sp³-hybridized carbons (Fsp3) is 0.640. The van der Waals surface area contributed by atoms with E-state index in [-0.39, 0.29) is 35.4 Å². The van der Waals surface area contributed by atoms with E-state index in [2.05, 4.69) is 26.1 Å². The molecular formula is C25H34N2O5. The molecule has 1 N–H and O–H groups in total. The predicted molar refractivity (Wildman–Crippen MR) is 120 cm³/mol. The van der Waals surface area contributed by atoms with E-state index in [4.69, 9.17) is 9.47 Å². The predicted octanol–water partition coefficient (Wildman–Crippen LogP) is 4.62. The van der Waals surface area contributed by atoms with E-state index in [1.807, 2.05) is 0 Å². The van der Waals surface area contributed by atoms with Gasteiger partial charge in [0, 0.05) is 12.0 Å². The molecule has 3 aliphatic rings. The average molecular weight is 443 g/mol. The largest absolute Gasteiger partial charge is 0.460 e. The minimum absolute atomic E-state index is 0.0169. The van der Waals surface area contributed by atoms with E-state index in [0.717, 1.165) is 19.3 Å². The fourth-order valence-corrected chi connectivity index (χ4v) is 5.99. The van der Waals surface area contributed by atoms with E-state index in [0.29, 0.717) is 30.1 Å². The Morgan fingerprint density at radius 2 is 1.91 bits per heavy atom. The third kappa shape index (κ3) is 3.65. The Hall–Kier alpha value is -2.57. The molecule has 1 heterocycles. The van der Waals surface area contributed by atoms with Crippen molar-refractivity contribution in [2.75, 3.05) is 18.5 Å². The Bertz CT molecular complexity index is 913. The molecule has 1 saturated heterocycles. The molecule has 4 atom stereocenters. The van der Waals surface area contributed by atoms with Gasteiger partial charge in [-0.15, -0.1) is 0 Å². The molecule has 32 heavy (non-hydrogen) atoms. The van der Waals surface area contributed by atoms with Gasteiger partial charge in [0.05, 0.1) is 17.9 Å². The zero-order chi connectivity index (χ0) is 23.1. The van der Waals surface area contributed by atoms with Crippen molar-refractivity contribution in [3.8, 4) is 0 Å². The molecule has 2 saturated carbocycles. The third-order valence-corrected chi connectivity index (χ3v) is 8.43. The summed E-state index contributed by atoms with van der Waals surface area (Å²) in [6, 6.07) is 6.20. The van der Waals surface area contributed by atoms with Gasteiger partial charge in [0.1, 0.15) is 12.1 Å². The van der Waals surface area contributed by atoms with Crippen LogP contribution in [0.3, 0.4) is 0 Å². The van der Waals surface area contributed by atoms with Crippen molar-refractivity contribution in [1.82, 2.24) is 4.90 Å². The number of esters is 1. The van der Waals surface area contributed by atoms with Gasteiger partial charge in [0.25, 0.3) is 5.91 Å². The average Bonchev–Trinajstić information content (AvgIpc) is 3.37. The Morgan fingerprint density at radius 3 is 2.56 bits per heavy atom. The van der Waals surface area contributed by atoms with Crippen molar-refractivity contribution in [1.29, 1.82) is 0 Å². The lowest BCUT2D eigenvalue weighted by Gasteiger charge is -2.39. The molecule has 3 fully saturated rings. The van der Waals surface area contributed by atoms with E-state index < -0.39 is 12.1 Å². The summed E-state index contributed by atoms with van der Waals surface area (Å²) in [4.78, 5) is 40.1. The first-order valence-electron chi connectivity index (χ1n) is 11.7. The first-order valence-corrected chi connectivity index (χ1v) is 11.7. The highest BCUT2D eigenvalue weighted by molar-refractivity contribution is 6.04. The first-order chi connectivity index (χ1) is 15.2. The van der Waals surface area contributed by atoms with E-state index >= 15 is 0 Å². The van der Waals surface area contributed by atoms with Crippen molar-refractivity contribution < 1.29 is 23.9 Å². The maximum Gasteiger partial charge on any atom is 0.411 e. The minimum Gasteiger partial charge on any atom is -0.460 e. The number of carbonyl (C=O) groups excluding carboxylic acids is 3. The lowest BCUT2D eigenvalue weighted by atomic mass is 9.70. The highest BCUT2D eigenvalue weighted by Crippen LogP contribution is 2.66. The van der Waals surface area contributed by atoms with E-state index in [1.165, 1.54) is 6.42 Å². The monoisotopic (exact) mass is 442 g/mol. The van der Waals surface area contributed by atoms with Gasteiger partial charge in [-0.2, -0.15) is 0 Å². The standard InChI is InChI=1S/C25H34N2O5/c1-5-31-23(30)26-18-10-7-6-9-17(18)21(28)27-14-8-11-19(27)22(29)32-20-15-16-12-13-25(20,4)24(16,2)3/h6-7,9-10,16,19-20H,5,8,11-15H2,1-4H3,(H,26,30). The number of benzene rings is 1. The molecule has 174 valence electrons. The van der Waals surface area contributed by atoms with Gasteiger partial charge in [-0.05, 0) is 62.5 Å². The van der Waals surface area contributed by atoms with Crippen LogP contribution in [0.5, 0.6) is 0 Å². The molecule has 0 radical (unpaired) electrons. The second-order valence-corrected chi connectivity index (χ2v) is 10.1.